The van der Waals surface area contributed by atoms with Crippen LogP contribution in [0.2, 0.25) is 0 Å². The molecule has 0 fully saturated rings. The van der Waals surface area contributed by atoms with E-state index in [4.69, 9.17) is 0 Å². The van der Waals surface area contributed by atoms with E-state index in [0.29, 0.717) is 18.5 Å². The van der Waals surface area contributed by atoms with E-state index in [-0.39, 0.29) is 17.9 Å². The lowest BCUT2D eigenvalue weighted by molar-refractivity contribution is -0.120. The van der Waals surface area contributed by atoms with Crippen molar-refractivity contribution < 1.29 is 9.59 Å². The van der Waals surface area contributed by atoms with Crippen molar-refractivity contribution in [1.29, 1.82) is 0 Å². The van der Waals surface area contributed by atoms with Gasteiger partial charge in [0.1, 0.15) is 0 Å². The molecule has 0 aliphatic heterocycles. The van der Waals surface area contributed by atoms with Gasteiger partial charge in [-0.2, -0.15) is 0 Å². The largest absolute Gasteiger partial charge is 0.352 e. The highest BCUT2D eigenvalue weighted by Crippen LogP contribution is 2.07. The van der Waals surface area contributed by atoms with Gasteiger partial charge in [-0.3, -0.25) is 9.59 Å². The maximum atomic E-state index is 12.0. The minimum atomic E-state index is -0.0655. The standard InChI is InChI=1S/C21H26N2O2/c1-4-16(3)23-21(25)19-11-9-18(10-12-19)14-22-20(24)13-17-7-5-15(2)6-8-17/h5-12,16H,4,13-14H2,1-3H3,(H,22,24)(H,23,25)/t16-/m1/s1. The number of hydrogen-bond donors (Lipinski definition) is 2. The van der Waals surface area contributed by atoms with Crippen molar-refractivity contribution in [1.82, 2.24) is 10.6 Å². The molecule has 2 aromatic carbocycles. The second-order valence-corrected chi connectivity index (χ2v) is 6.42. The summed E-state index contributed by atoms with van der Waals surface area (Å²) in [7, 11) is 0. The van der Waals surface area contributed by atoms with Gasteiger partial charge in [0.15, 0.2) is 0 Å². The van der Waals surface area contributed by atoms with Crippen LogP contribution < -0.4 is 10.6 Å². The van der Waals surface area contributed by atoms with Crippen LogP contribution in [0.15, 0.2) is 48.5 Å². The van der Waals surface area contributed by atoms with Crippen LogP contribution >= 0.6 is 0 Å². The van der Waals surface area contributed by atoms with Gasteiger partial charge in [-0.15, -0.1) is 0 Å². The average molecular weight is 338 g/mol. The van der Waals surface area contributed by atoms with Crippen molar-refractivity contribution in [3.63, 3.8) is 0 Å². The Kier molecular flexibility index (Phi) is 6.75. The lowest BCUT2D eigenvalue weighted by Gasteiger charge is -2.11. The highest BCUT2D eigenvalue weighted by Gasteiger charge is 2.08. The maximum Gasteiger partial charge on any atom is 0.251 e. The van der Waals surface area contributed by atoms with E-state index in [1.807, 2.05) is 57.2 Å². The van der Waals surface area contributed by atoms with Gasteiger partial charge in [0.2, 0.25) is 5.91 Å². The predicted molar refractivity (Wildman–Crippen MR) is 100 cm³/mol. The van der Waals surface area contributed by atoms with Crippen molar-refractivity contribution in [2.75, 3.05) is 0 Å². The van der Waals surface area contributed by atoms with E-state index in [1.165, 1.54) is 5.56 Å². The molecule has 0 bridgehead atoms. The van der Waals surface area contributed by atoms with E-state index in [1.54, 1.807) is 12.1 Å². The summed E-state index contributed by atoms with van der Waals surface area (Å²) in [5.74, 6) is -0.0771. The fourth-order valence-corrected chi connectivity index (χ4v) is 2.34. The summed E-state index contributed by atoms with van der Waals surface area (Å²) in [6.07, 6.45) is 1.27. The molecule has 2 amide bonds. The quantitative estimate of drug-likeness (QED) is 0.813. The van der Waals surface area contributed by atoms with Crippen molar-refractivity contribution >= 4 is 11.8 Å². The Morgan fingerprint density at radius 1 is 0.960 bits per heavy atom. The van der Waals surface area contributed by atoms with Crippen molar-refractivity contribution in [3.8, 4) is 0 Å². The first-order valence-electron chi connectivity index (χ1n) is 8.70. The molecule has 0 heterocycles. The molecule has 132 valence electrons. The van der Waals surface area contributed by atoms with E-state index in [9.17, 15) is 9.59 Å². The summed E-state index contributed by atoms with van der Waals surface area (Å²) in [6.45, 7) is 6.50. The van der Waals surface area contributed by atoms with Crippen LogP contribution in [0.4, 0.5) is 0 Å². The molecular weight excluding hydrogens is 312 g/mol. The number of rotatable bonds is 7. The molecule has 0 spiro atoms. The number of hydrogen-bond acceptors (Lipinski definition) is 2. The van der Waals surface area contributed by atoms with E-state index in [0.717, 1.165) is 17.5 Å². The first kappa shape index (κ1) is 18.7. The van der Waals surface area contributed by atoms with Crippen LogP contribution in [-0.2, 0) is 17.8 Å². The second kappa shape index (κ2) is 9.02. The zero-order valence-electron chi connectivity index (χ0n) is 15.1. The summed E-state index contributed by atoms with van der Waals surface area (Å²) < 4.78 is 0. The summed E-state index contributed by atoms with van der Waals surface area (Å²) >= 11 is 0. The molecule has 0 unspecified atom stereocenters. The summed E-state index contributed by atoms with van der Waals surface area (Å²) in [5.41, 5.74) is 3.79. The SMILES string of the molecule is CC[C@@H](C)NC(=O)c1ccc(CNC(=O)Cc2ccc(C)cc2)cc1. The van der Waals surface area contributed by atoms with Gasteiger partial charge in [0, 0.05) is 18.2 Å². The van der Waals surface area contributed by atoms with Crippen LogP contribution in [0, 0.1) is 6.92 Å². The molecular formula is C21H26N2O2. The fourth-order valence-electron chi connectivity index (χ4n) is 2.34. The summed E-state index contributed by atoms with van der Waals surface area (Å²) in [6, 6.07) is 15.4. The number of carbonyl (C=O) groups is 2. The molecule has 1 atom stereocenters. The van der Waals surface area contributed by atoms with Crippen molar-refractivity contribution in [3.05, 3.63) is 70.8 Å². The monoisotopic (exact) mass is 338 g/mol. The molecule has 0 saturated carbocycles. The molecule has 0 aliphatic carbocycles. The predicted octanol–water partition coefficient (Wildman–Crippen LogP) is 3.38. The van der Waals surface area contributed by atoms with Crippen LogP contribution in [0.25, 0.3) is 0 Å². The third kappa shape index (κ3) is 6.07. The minimum Gasteiger partial charge on any atom is -0.352 e. The molecule has 2 aromatic rings. The van der Waals surface area contributed by atoms with Gasteiger partial charge >= 0.3 is 0 Å². The fraction of sp³-hybridized carbons (Fsp3) is 0.333. The third-order valence-electron chi connectivity index (χ3n) is 4.18. The molecule has 0 saturated heterocycles. The van der Waals surface area contributed by atoms with Crippen molar-refractivity contribution in [2.24, 2.45) is 0 Å². The Hall–Kier alpha value is -2.62. The van der Waals surface area contributed by atoms with Gasteiger partial charge in [-0.05, 0) is 43.5 Å². The number of carbonyl (C=O) groups excluding carboxylic acids is 2. The number of benzene rings is 2. The highest BCUT2D eigenvalue weighted by atomic mass is 16.2. The lowest BCUT2D eigenvalue weighted by atomic mass is 10.1. The Bertz CT molecular complexity index is 706. The second-order valence-electron chi connectivity index (χ2n) is 6.42. The zero-order chi connectivity index (χ0) is 18.2. The van der Waals surface area contributed by atoms with Gasteiger partial charge in [0.25, 0.3) is 5.91 Å². The van der Waals surface area contributed by atoms with Crippen LogP contribution in [0.3, 0.4) is 0 Å². The number of amides is 2. The van der Waals surface area contributed by atoms with Crippen LogP contribution in [-0.4, -0.2) is 17.9 Å². The Morgan fingerprint density at radius 3 is 2.16 bits per heavy atom. The van der Waals surface area contributed by atoms with E-state index >= 15 is 0 Å². The molecule has 4 nitrogen and oxygen atoms in total. The van der Waals surface area contributed by atoms with Gasteiger partial charge in [0.05, 0.1) is 6.42 Å². The normalized spacial score (nSPS) is 11.6. The van der Waals surface area contributed by atoms with E-state index < -0.39 is 0 Å². The summed E-state index contributed by atoms with van der Waals surface area (Å²) in [4.78, 5) is 24.1. The number of nitrogens with one attached hydrogen (secondary N) is 2. The van der Waals surface area contributed by atoms with E-state index in [2.05, 4.69) is 10.6 Å². The first-order chi connectivity index (χ1) is 12.0. The topological polar surface area (TPSA) is 58.2 Å². The Morgan fingerprint density at radius 2 is 1.56 bits per heavy atom. The average Bonchev–Trinajstić information content (AvgIpc) is 2.62. The molecule has 2 N–H and O–H groups in total. The lowest BCUT2D eigenvalue weighted by Crippen LogP contribution is -2.31. The number of aryl methyl sites for hydroxylation is 1. The highest BCUT2D eigenvalue weighted by molar-refractivity contribution is 5.94. The molecule has 0 aliphatic rings. The molecule has 0 radical (unpaired) electrons. The zero-order valence-corrected chi connectivity index (χ0v) is 15.1. The Balaban J connectivity index is 1.83. The Labute approximate surface area is 149 Å². The molecule has 4 heteroatoms. The van der Waals surface area contributed by atoms with Crippen LogP contribution in [0.1, 0.15) is 47.3 Å². The smallest absolute Gasteiger partial charge is 0.251 e. The van der Waals surface area contributed by atoms with Crippen molar-refractivity contribution in [2.45, 2.75) is 46.2 Å². The van der Waals surface area contributed by atoms with Gasteiger partial charge in [-0.1, -0.05) is 48.9 Å². The first-order valence-corrected chi connectivity index (χ1v) is 8.70. The minimum absolute atomic E-state index is 0.0116. The summed E-state index contributed by atoms with van der Waals surface area (Å²) in [5, 5.41) is 5.85. The van der Waals surface area contributed by atoms with Gasteiger partial charge in [-0.25, -0.2) is 0 Å². The van der Waals surface area contributed by atoms with Crippen LogP contribution in [0.5, 0.6) is 0 Å². The maximum absolute atomic E-state index is 12.0. The molecule has 2 rings (SSSR count). The molecule has 25 heavy (non-hydrogen) atoms. The van der Waals surface area contributed by atoms with Gasteiger partial charge < -0.3 is 10.6 Å². The third-order valence-corrected chi connectivity index (χ3v) is 4.18. The molecule has 0 aromatic heterocycles.